The molecule has 0 unspecified atom stereocenters. The number of carbonyl (C=O) groups excluding carboxylic acids is 1. The van der Waals surface area contributed by atoms with Crippen molar-refractivity contribution in [1.82, 2.24) is 0 Å². The Labute approximate surface area is 84.4 Å². The number of amides is 1. The highest BCUT2D eigenvalue weighted by atomic mass is 32.2. The normalized spacial score (nSPS) is 15.5. The molecule has 0 saturated heterocycles. The van der Waals surface area contributed by atoms with E-state index in [1.165, 1.54) is 11.8 Å². The molecule has 2 rings (SSSR count). The maximum absolute atomic E-state index is 13.1. The molecule has 1 aromatic carbocycles. The van der Waals surface area contributed by atoms with Crippen LogP contribution in [-0.4, -0.2) is 11.1 Å². The fourth-order valence-corrected chi connectivity index (χ4v) is 1.57. The van der Waals surface area contributed by atoms with Crippen LogP contribution < -0.4 is 5.32 Å². The number of aliphatic imine (C=N–C) groups is 1. The van der Waals surface area contributed by atoms with Crippen molar-refractivity contribution in [3.05, 3.63) is 35.8 Å². The van der Waals surface area contributed by atoms with Crippen molar-refractivity contribution in [2.45, 2.75) is 0 Å². The average Bonchev–Trinajstić information content (AvgIpc) is 2.56. The van der Waals surface area contributed by atoms with Crippen LogP contribution in [0.2, 0.25) is 0 Å². The van der Waals surface area contributed by atoms with Crippen LogP contribution in [0.15, 0.2) is 29.3 Å². The van der Waals surface area contributed by atoms with E-state index in [-0.39, 0.29) is 11.7 Å². The molecule has 3 nitrogen and oxygen atoms in total. The summed E-state index contributed by atoms with van der Waals surface area (Å²) in [5.74, 6) is 0.687. The molecule has 1 heterocycles. The van der Waals surface area contributed by atoms with Crippen LogP contribution in [0.25, 0.3) is 0 Å². The number of nitrogens with one attached hydrogen (secondary N) is 1. The lowest BCUT2D eigenvalue weighted by Crippen LogP contribution is -2.06. The summed E-state index contributed by atoms with van der Waals surface area (Å²) in [6, 6.07) is 6.23. The SMILES string of the molecule is O=C1[CH]SC(Nc2ccccc2F)=N1. The van der Waals surface area contributed by atoms with Gasteiger partial charge in [0.1, 0.15) is 11.6 Å². The molecule has 1 radical (unpaired) electrons. The minimum atomic E-state index is -0.366. The van der Waals surface area contributed by atoms with Crippen LogP contribution in [0.3, 0.4) is 0 Å². The van der Waals surface area contributed by atoms with Gasteiger partial charge in [-0.1, -0.05) is 23.9 Å². The molecular weight excluding hydrogens is 203 g/mol. The molecule has 0 fully saturated rings. The van der Waals surface area contributed by atoms with E-state index >= 15 is 0 Å². The van der Waals surface area contributed by atoms with Gasteiger partial charge in [0.2, 0.25) is 0 Å². The Balaban J connectivity index is 2.15. The fraction of sp³-hybridized carbons (Fsp3) is 0. The molecule has 0 atom stereocenters. The highest BCUT2D eigenvalue weighted by Gasteiger charge is 2.16. The quantitative estimate of drug-likeness (QED) is 0.769. The van der Waals surface area contributed by atoms with Crippen LogP contribution in [0.5, 0.6) is 0 Å². The van der Waals surface area contributed by atoms with Gasteiger partial charge in [-0.15, -0.1) is 0 Å². The number of carbonyl (C=O) groups is 1. The molecule has 1 N–H and O–H groups in total. The molecule has 1 aliphatic rings. The second-order valence-corrected chi connectivity index (χ2v) is 3.45. The van der Waals surface area contributed by atoms with E-state index in [1.807, 2.05) is 0 Å². The molecule has 1 aliphatic heterocycles. The van der Waals surface area contributed by atoms with E-state index < -0.39 is 0 Å². The van der Waals surface area contributed by atoms with Gasteiger partial charge in [-0.3, -0.25) is 4.79 Å². The average molecular weight is 209 g/mol. The molecule has 0 aliphatic carbocycles. The van der Waals surface area contributed by atoms with Gasteiger partial charge in [0, 0.05) is 0 Å². The summed E-state index contributed by atoms with van der Waals surface area (Å²) < 4.78 is 13.1. The minimum absolute atomic E-state index is 0.311. The van der Waals surface area contributed by atoms with E-state index in [4.69, 9.17) is 0 Å². The van der Waals surface area contributed by atoms with E-state index in [2.05, 4.69) is 10.3 Å². The van der Waals surface area contributed by atoms with Gasteiger partial charge in [0.05, 0.1) is 5.69 Å². The van der Waals surface area contributed by atoms with Crippen molar-refractivity contribution in [1.29, 1.82) is 0 Å². The number of hydrogen-bond acceptors (Lipinski definition) is 3. The predicted molar refractivity (Wildman–Crippen MR) is 54.4 cm³/mol. The van der Waals surface area contributed by atoms with Crippen LogP contribution in [0.1, 0.15) is 0 Å². The van der Waals surface area contributed by atoms with Crippen LogP contribution >= 0.6 is 11.8 Å². The number of para-hydroxylation sites is 1. The van der Waals surface area contributed by atoms with E-state index in [0.29, 0.717) is 10.9 Å². The number of nitrogens with zero attached hydrogens (tertiary/aromatic N) is 1. The Kier molecular flexibility index (Phi) is 2.49. The van der Waals surface area contributed by atoms with Gasteiger partial charge in [0.15, 0.2) is 5.17 Å². The third-order valence-corrected chi connectivity index (χ3v) is 2.33. The number of amidine groups is 1. The number of anilines is 1. The lowest BCUT2D eigenvalue weighted by Gasteiger charge is -2.04. The third kappa shape index (κ3) is 1.93. The Morgan fingerprint density at radius 3 is 2.79 bits per heavy atom. The summed E-state index contributed by atoms with van der Waals surface area (Å²) in [6.07, 6.45) is 0. The molecule has 1 aromatic rings. The molecule has 1 amide bonds. The van der Waals surface area contributed by atoms with E-state index in [9.17, 15) is 9.18 Å². The van der Waals surface area contributed by atoms with Crippen molar-refractivity contribution in [3.63, 3.8) is 0 Å². The molecule has 0 bridgehead atoms. The second-order valence-electron chi connectivity index (χ2n) is 2.60. The molecule has 5 heteroatoms. The van der Waals surface area contributed by atoms with E-state index in [1.54, 1.807) is 18.2 Å². The lowest BCUT2D eigenvalue weighted by atomic mass is 10.3. The summed E-state index contributed by atoms with van der Waals surface area (Å²) in [5.41, 5.74) is 0.321. The Morgan fingerprint density at radius 2 is 2.14 bits per heavy atom. The monoisotopic (exact) mass is 209 g/mol. The zero-order valence-electron chi connectivity index (χ0n) is 7.03. The highest BCUT2D eigenvalue weighted by molar-refractivity contribution is 8.17. The maximum Gasteiger partial charge on any atom is 0.263 e. The van der Waals surface area contributed by atoms with Crippen molar-refractivity contribution < 1.29 is 9.18 Å². The fourth-order valence-electron chi connectivity index (χ4n) is 0.994. The zero-order valence-corrected chi connectivity index (χ0v) is 7.84. The first-order chi connectivity index (χ1) is 6.75. The van der Waals surface area contributed by atoms with Crippen molar-refractivity contribution in [2.24, 2.45) is 4.99 Å². The molecular formula is C9H6FN2OS. The van der Waals surface area contributed by atoms with Crippen LogP contribution in [0.4, 0.5) is 10.1 Å². The second kappa shape index (κ2) is 3.79. The van der Waals surface area contributed by atoms with Crippen LogP contribution in [0, 0.1) is 11.6 Å². The molecule has 0 saturated carbocycles. The lowest BCUT2D eigenvalue weighted by molar-refractivity contribution is -0.113. The highest BCUT2D eigenvalue weighted by Crippen LogP contribution is 2.21. The number of rotatable bonds is 1. The molecule has 0 aromatic heterocycles. The number of benzene rings is 1. The van der Waals surface area contributed by atoms with Crippen molar-refractivity contribution in [2.75, 3.05) is 5.32 Å². The Hall–Kier alpha value is -1.36. The van der Waals surface area contributed by atoms with Gasteiger partial charge in [-0.05, 0) is 12.1 Å². The first-order valence-corrected chi connectivity index (χ1v) is 4.78. The largest absolute Gasteiger partial charge is 0.332 e. The summed E-state index contributed by atoms with van der Waals surface area (Å²) >= 11 is 1.15. The molecule has 0 spiro atoms. The van der Waals surface area contributed by atoms with Gasteiger partial charge in [-0.2, -0.15) is 4.99 Å². The Morgan fingerprint density at radius 1 is 1.36 bits per heavy atom. The zero-order chi connectivity index (χ0) is 9.97. The van der Waals surface area contributed by atoms with Gasteiger partial charge >= 0.3 is 0 Å². The summed E-state index contributed by atoms with van der Waals surface area (Å²) in [6.45, 7) is 0. The van der Waals surface area contributed by atoms with Crippen molar-refractivity contribution in [3.8, 4) is 0 Å². The van der Waals surface area contributed by atoms with Gasteiger partial charge in [0.25, 0.3) is 5.91 Å². The topological polar surface area (TPSA) is 41.5 Å². The Bertz CT molecular complexity index is 406. The van der Waals surface area contributed by atoms with E-state index in [0.717, 1.165) is 11.8 Å². The maximum atomic E-state index is 13.1. The molecule has 71 valence electrons. The third-order valence-electron chi connectivity index (χ3n) is 1.60. The summed E-state index contributed by atoms with van der Waals surface area (Å²) in [7, 11) is 0. The summed E-state index contributed by atoms with van der Waals surface area (Å²) in [5, 5.41) is 3.13. The smallest absolute Gasteiger partial charge is 0.263 e. The first-order valence-electron chi connectivity index (χ1n) is 3.90. The summed E-state index contributed by atoms with van der Waals surface area (Å²) in [4.78, 5) is 14.4. The molecule has 14 heavy (non-hydrogen) atoms. The van der Waals surface area contributed by atoms with Crippen LogP contribution in [-0.2, 0) is 4.79 Å². The number of halogens is 1. The first kappa shape index (κ1) is 9.21. The van der Waals surface area contributed by atoms with Gasteiger partial charge < -0.3 is 5.32 Å². The predicted octanol–water partition coefficient (Wildman–Crippen LogP) is 2.03. The number of thioether (sulfide) groups is 1. The number of hydrogen-bond donors (Lipinski definition) is 1. The van der Waals surface area contributed by atoms with Gasteiger partial charge in [-0.25, -0.2) is 4.39 Å². The standard InChI is InChI=1S/C9H6FN2OS/c10-6-3-1-2-4-7(6)11-9-12-8(13)5-14-9/h1-5H,(H,11,12,13). The minimum Gasteiger partial charge on any atom is -0.332 e. The van der Waals surface area contributed by atoms with Crippen molar-refractivity contribution >= 4 is 28.5 Å².